The smallest absolute Gasteiger partial charge is 0.232 e. The molecule has 15 heavy (non-hydrogen) atoms. The van der Waals surface area contributed by atoms with E-state index in [1.807, 2.05) is 0 Å². The fourth-order valence-electron chi connectivity index (χ4n) is 2.04. The largest absolute Gasteiger partial charge is 0.471 e. The third-order valence-electron chi connectivity index (χ3n) is 3.36. The Bertz CT molecular complexity index is 247. The molecule has 0 aromatic carbocycles. The lowest BCUT2D eigenvalue weighted by atomic mass is 9.80. The molecule has 0 bridgehead atoms. The van der Waals surface area contributed by atoms with Gasteiger partial charge >= 0.3 is 0 Å². The van der Waals surface area contributed by atoms with Crippen molar-refractivity contribution in [1.82, 2.24) is 5.32 Å². The highest BCUT2D eigenvalue weighted by molar-refractivity contribution is 5.82. The van der Waals surface area contributed by atoms with Crippen LogP contribution in [0.3, 0.4) is 0 Å². The van der Waals surface area contributed by atoms with E-state index in [0.717, 1.165) is 38.2 Å². The van der Waals surface area contributed by atoms with E-state index in [-0.39, 0.29) is 11.5 Å². The zero-order valence-corrected chi connectivity index (χ0v) is 9.58. The van der Waals surface area contributed by atoms with E-state index >= 15 is 0 Å². The van der Waals surface area contributed by atoms with Gasteiger partial charge in [-0.15, -0.1) is 0 Å². The molecule has 2 rings (SSSR count). The van der Waals surface area contributed by atoms with Gasteiger partial charge in [-0.3, -0.25) is 0 Å². The Morgan fingerprint density at radius 1 is 1.47 bits per heavy atom. The molecule has 1 N–H and O–H groups in total. The molecule has 1 atom stereocenters. The number of oxime groups is 1. The zero-order chi connectivity index (χ0) is 10.7. The summed E-state index contributed by atoms with van der Waals surface area (Å²) in [5.41, 5.74) is 0.0685. The standard InChI is InChI=1S/C11H20N2O2/c1-3-9-8-14-13-10(15-9)11(2)4-6-12-7-5-11/h9,12H,3-8H2,1-2H3. The average Bonchev–Trinajstić information content (AvgIpc) is 2.30. The first kappa shape index (κ1) is 10.7. The highest BCUT2D eigenvalue weighted by Gasteiger charge is 2.37. The number of nitrogens with zero attached hydrogens (tertiary/aromatic N) is 1. The van der Waals surface area contributed by atoms with Gasteiger partial charge in [-0.1, -0.05) is 19.0 Å². The summed E-state index contributed by atoms with van der Waals surface area (Å²) in [7, 11) is 0. The molecular formula is C11H20N2O2. The van der Waals surface area contributed by atoms with Gasteiger partial charge in [-0.2, -0.15) is 0 Å². The van der Waals surface area contributed by atoms with Crippen LogP contribution < -0.4 is 5.32 Å². The highest BCUT2D eigenvalue weighted by Crippen LogP contribution is 2.32. The second kappa shape index (κ2) is 4.39. The van der Waals surface area contributed by atoms with Crippen LogP contribution in [-0.2, 0) is 9.57 Å². The van der Waals surface area contributed by atoms with Gasteiger partial charge in [0, 0.05) is 5.41 Å². The molecule has 2 aliphatic rings. The molecule has 0 aromatic heterocycles. The second-order valence-electron chi connectivity index (χ2n) is 4.65. The van der Waals surface area contributed by atoms with Crippen molar-refractivity contribution in [2.75, 3.05) is 19.7 Å². The summed E-state index contributed by atoms with van der Waals surface area (Å²) in [6.07, 6.45) is 3.31. The molecule has 4 nitrogen and oxygen atoms in total. The van der Waals surface area contributed by atoms with Crippen LogP contribution in [0, 0.1) is 5.41 Å². The fraction of sp³-hybridized carbons (Fsp3) is 0.909. The molecule has 0 aromatic rings. The van der Waals surface area contributed by atoms with E-state index in [9.17, 15) is 0 Å². The van der Waals surface area contributed by atoms with Crippen molar-refractivity contribution in [3.05, 3.63) is 0 Å². The Hall–Kier alpha value is -0.770. The topological polar surface area (TPSA) is 42.8 Å². The number of hydrogen-bond acceptors (Lipinski definition) is 4. The van der Waals surface area contributed by atoms with Gasteiger partial charge < -0.3 is 14.9 Å². The Kier molecular flexibility index (Phi) is 3.14. The molecule has 4 heteroatoms. The molecule has 1 saturated heterocycles. The van der Waals surface area contributed by atoms with Crippen LogP contribution in [0.25, 0.3) is 0 Å². The molecule has 0 amide bonds. The number of ether oxygens (including phenoxy) is 1. The molecule has 2 aliphatic heterocycles. The van der Waals surface area contributed by atoms with Crippen molar-refractivity contribution in [2.45, 2.75) is 39.2 Å². The summed E-state index contributed by atoms with van der Waals surface area (Å²) < 4.78 is 5.88. The SMILES string of the molecule is CCC1CON=C(C2(C)CCNCC2)O1. The maximum Gasteiger partial charge on any atom is 0.232 e. The molecule has 0 radical (unpaired) electrons. The van der Waals surface area contributed by atoms with Crippen molar-refractivity contribution in [3.8, 4) is 0 Å². The van der Waals surface area contributed by atoms with Crippen molar-refractivity contribution >= 4 is 5.90 Å². The van der Waals surface area contributed by atoms with Gasteiger partial charge in [0.1, 0.15) is 6.10 Å². The summed E-state index contributed by atoms with van der Waals surface area (Å²) >= 11 is 0. The molecule has 86 valence electrons. The summed E-state index contributed by atoms with van der Waals surface area (Å²) in [5.74, 6) is 0.808. The number of piperidine rings is 1. The lowest BCUT2D eigenvalue weighted by Crippen LogP contribution is -2.44. The van der Waals surface area contributed by atoms with Gasteiger partial charge in [0.15, 0.2) is 6.61 Å². The molecule has 0 saturated carbocycles. The van der Waals surface area contributed by atoms with Gasteiger partial charge in [-0.25, -0.2) is 0 Å². The van der Waals surface area contributed by atoms with E-state index in [1.165, 1.54) is 0 Å². The van der Waals surface area contributed by atoms with Crippen LogP contribution in [0.1, 0.15) is 33.1 Å². The summed E-state index contributed by atoms with van der Waals surface area (Å²) in [6, 6.07) is 0. The van der Waals surface area contributed by atoms with E-state index in [4.69, 9.17) is 9.57 Å². The third-order valence-corrected chi connectivity index (χ3v) is 3.36. The first-order valence-electron chi connectivity index (χ1n) is 5.82. The Balaban J connectivity index is 2.05. The van der Waals surface area contributed by atoms with Crippen LogP contribution in [0.5, 0.6) is 0 Å². The summed E-state index contributed by atoms with van der Waals surface area (Å²) in [6.45, 7) is 7.00. The van der Waals surface area contributed by atoms with E-state index in [0.29, 0.717) is 6.61 Å². The summed E-state index contributed by atoms with van der Waals surface area (Å²) in [4.78, 5) is 5.25. The minimum atomic E-state index is 0.0685. The maximum absolute atomic E-state index is 5.88. The molecular weight excluding hydrogens is 192 g/mol. The van der Waals surface area contributed by atoms with Crippen molar-refractivity contribution < 1.29 is 9.57 Å². The van der Waals surface area contributed by atoms with Crippen LogP contribution in [-0.4, -0.2) is 31.7 Å². The monoisotopic (exact) mass is 212 g/mol. The second-order valence-corrected chi connectivity index (χ2v) is 4.65. The van der Waals surface area contributed by atoms with Crippen molar-refractivity contribution in [2.24, 2.45) is 10.6 Å². The molecule has 1 unspecified atom stereocenters. The van der Waals surface area contributed by atoms with Crippen LogP contribution in [0.4, 0.5) is 0 Å². The Labute approximate surface area is 91.0 Å². The maximum atomic E-state index is 5.88. The average molecular weight is 212 g/mol. The third kappa shape index (κ3) is 2.25. The van der Waals surface area contributed by atoms with Crippen molar-refractivity contribution in [3.63, 3.8) is 0 Å². The lowest BCUT2D eigenvalue weighted by molar-refractivity contribution is -0.00744. The Morgan fingerprint density at radius 3 is 2.87 bits per heavy atom. The fourth-order valence-corrected chi connectivity index (χ4v) is 2.04. The van der Waals surface area contributed by atoms with Crippen molar-refractivity contribution in [1.29, 1.82) is 0 Å². The van der Waals surface area contributed by atoms with E-state index in [2.05, 4.69) is 24.3 Å². The predicted octanol–water partition coefficient (Wildman–Crippen LogP) is 1.52. The molecule has 2 heterocycles. The van der Waals surface area contributed by atoms with E-state index in [1.54, 1.807) is 0 Å². The normalized spacial score (nSPS) is 30.0. The van der Waals surface area contributed by atoms with Crippen LogP contribution >= 0.6 is 0 Å². The Morgan fingerprint density at radius 2 is 2.20 bits per heavy atom. The zero-order valence-electron chi connectivity index (χ0n) is 9.58. The number of rotatable bonds is 2. The predicted molar refractivity (Wildman–Crippen MR) is 58.8 cm³/mol. The van der Waals surface area contributed by atoms with Gasteiger partial charge in [0.2, 0.25) is 5.90 Å². The first-order chi connectivity index (χ1) is 7.24. The minimum Gasteiger partial charge on any atom is -0.471 e. The van der Waals surface area contributed by atoms with Gasteiger partial charge in [-0.05, 0) is 32.4 Å². The number of hydrogen-bond donors (Lipinski definition) is 1. The van der Waals surface area contributed by atoms with Gasteiger partial charge in [0.25, 0.3) is 0 Å². The lowest BCUT2D eigenvalue weighted by Gasteiger charge is -2.36. The van der Waals surface area contributed by atoms with Crippen LogP contribution in [0.15, 0.2) is 5.16 Å². The van der Waals surface area contributed by atoms with E-state index < -0.39 is 0 Å². The van der Waals surface area contributed by atoms with Crippen LogP contribution in [0.2, 0.25) is 0 Å². The van der Waals surface area contributed by atoms with Gasteiger partial charge in [0.05, 0.1) is 0 Å². The quantitative estimate of drug-likeness (QED) is 0.754. The molecule has 0 spiro atoms. The number of nitrogens with one attached hydrogen (secondary N) is 1. The molecule has 1 fully saturated rings. The minimum absolute atomic E-state index is 0.0685. The highest BCUT2D eigenvalue weighted by atomic mass is 16.7. The first-order valence-corrected chi connectivity index (χ1v) is 5.82. The molecule has 0 aliphatic carbocycles. The summed E-state index contributed by atoms with van der Waals surface area (Å²) in [5, 5.41) is 7.44.